The van der Waals surface area contributed by atoms with Crippen LogP contribution >= 0.6 is 11.6 Å². The maximum Gasteiger partial charge on any atom is 0.416 e. The lowest BCUT2D eigenvalue weighted by molar-refractivity contribution is -0.137. The van der Waals surface area contributed by atoms with Crippen molar-refractivity contribution in [3.05, 3.63) is 58.6 Å². The lowest BCUT2D eigenvalue weighted by Gasteiger charge is -2.19. The van der Waals surface area contributed by atoms with Gasteiger partial charge in [0, 0.05) is 24.5 Å². The Morgan fingerprint density at radius 1 is 1.00 bits per heavy atom. The highest BCUT2D eigenvalue weighted by Gasteiger charge is 2.33. The first-order chi connectivity index (χ1) is 12.2. The summed E-state index contributed by atoms with van der Waals surface area (Å²) in [6.45, 7) is 0.524. The van der Waals surface area contributed by atoms with Gasteiger partial charge in [-0.3, -0.25) is 9.80 Å². The molecule has 9 heteroatoms. The molecule has 1 aliphatic heterocycles. The van der Waals surface area contributed by atoms with Crippen LogP contribution in [0.15, 0.2) is 42.5 Å². The molecule has 136 valence electrons. The lowest BCUT2D eigenvalue weighted by Crippen LogP contribution is -2.31. The highest BCUT2D eigenvalue weighted by Crippen LogP contribution is 2.32. The van der Waals surface area contributed by atoms with Gasteiger partial charge in [-0.2, -0.15) is 13.2 Å². The standard InChI is InChI=1S/C17H12ClF3N2O3/c18-14-6-5-12(9-13(14)15(24)25)23-8-7-22(16(23)26)11-3-1-10(2-4-11)17(19,20)21/h1-6,9H,7-8H2,(H,24,25). The smallest absolute Gasteiger partial charge is 0.416 e. The van der Waals surface area contributed by atoms with Crippen LogP contribution in [0.4, 0.5) is 29.3 Å². The topological polar surface area (TPSA) is 60.9 Å². The average Bonchev–Trinajstić information content (AvgIpc) is 2.96. The third kappa shape index (κ3) is 3.32. The third-order valence-electron chi connectivity index (χ3n) is 4.01. The molecule has 1 saturated heterocycles. The average molecular weight is 385 g/mol. The number of urea groups is 1. The molecule has 0 bridgehead atoms. The number of nitrogens with zero attached hydrogens (tertiary/aromatic N) is 2. The number of carboxylic acids is 1. The molecule has 2 amide bonds. The van der Waals surface area contributed by atoms with Crippen molar-refractivity contribution < 1.29 is 27.9 Å². The summed E-state index contributed by atoms with van der Waals surface area (Å²) in [5.41, 5.74) is -0.248. The monoisotopic (exact) mass is 384 g/mol. The molecular weight excluding hydrogens is 373 g/mol. The van der Waals surface area contributed by atoms with E-state index >= 15 is 0 Å². The second-order valence-corrected chi connectivity index (χ2v) is 6.01. The molecule has 0 radical (unpaired) electrons. The summed E-state index contributed by atoms with van der Waals surface area (Å²) < 4.78 is 37.9. The van der Waals surface area contributed by atoms with Gasteiger partial charge in [0.15, 0.2) is 0 Å². The van der Waals surface area contributed by atoms with Crippen LogP contribution in [0.3, 0.4) is 0 Å². The van der Waals surface area contributed by atoms with E-state index < -0.39 is 23.7 Å². The predicted octanol–water partition coefficient (Wildman–Crippen LogP) is 4.50. The summed E-state index contributed by atoms with van der Waals surface area (Å²) in [7, 11) is 0. The molecule has 0 aromatic heterocycles. The number of aromatic carboxylic acids is 1. The quantitative estimate of drug-likeness (QED) is 0.847. The Kier molecular flexibility index (Phi) is 4.53. The van der Waals surface area contributed by atoms with Crippen molar-refractivity contribution in [2.24, 2.45) is 0 Å². The van der Waals surface area contributed by atoms with Crippen LogP contribution in [-0.4, -0.2) is 30.2 Å². The lowest BCUT2D eigenvalue weighted by atomic mass is 10.2. The summed E-state index contributed by atoms with van der Waals surface area (Å²) in [6, 6.07) is 8.02. The molecular formula is C17H12ClF3N2O3. The van der Waals surface area contributed by atoms with E-state index in [-0.39, 0.29) is 23.7 Å². The number of carbonyl (C=O) groups excluding carboxylic acids is 1. The normalized spacial score (nSPS) is 14.8. The molecule has 26 heavy (non-hydrogen) atoms. The van der Waals surface area contributed by atoms with E-state index in [9.17, 15) is 22.8 Å². The fourth-order valence-corrected chi connectivity index (χ4v) is 2.89. The first-order valence-electron chi connectivity index (χ1n) is 7.47. The van der Waals surface area contributed by atoms with Crippen molar-refractivity contribution >= 4 is 35.0 Å². The summed E-state index contributed by atoms with van der Waals surface area (Å²) >= 11 is 5.82. The van der Waals surface area contributed by atoms with E-state index in [1.54, 1.807) is 0 Å². The number of alkyl halides is 3. The second kappa shape index (κ2) is 6.53. The Labute approximate surface area is 151 Å². The number of benzene rings is 2. The van der Waals surface area contributed by atoms with Crippen molar-refractivity contribution in [2.45, 2.75) is 6.18 Å². The Balaban J connectivity index is 1.84. The molecule has 2 aromatic carbocycles. The van der Waals surface area contributed by atoms with Gasteiger partial charge in [0.1, 0.15) is 0 Å². The van der Waals surface area contributed by atoms with E-state index in [1.807, 2.05) is 0 Å². The summed E-state index contributed by atoms with van der Waals surface area (Å²) in [4.78, 5) is 26.5. The third-order valence-corrected chi connectivity index (χ3v) is 4.34. The van der Waals surface area contributed by atoms with Crippen LogP contribution in [0.25, 0.3) is 0 Å². The number of anilines is 2. The predicted molar refractivity (Wildman–Crippen MR) is 89.9 cm³/mol. The van der Waals surface area contributed by atoms with Gasteiger partial charge in [-0.1, -0.05) is 11.6 Å². The van der Waals surface area contributed by atoms with Crippen molar-refractivity contribution in [3.63, 3.8) is 0 Å². The van der Waals surface area contributed by atoms with Gasteiger partial charge in [-0.15, -0.1) is 0 Å². The van der Waals surface area contributed by atoms with E-state index in [0.717, 1.165) is 12.1 Å². The number of carboxylic acid groups (broad SMARTS) is 1. The summed E-state index contributed by atoms with van der Waals surface area (Å²) in [6.07, 6.45) is -4.45. The highest BCUT2D eigenvalue weighted by molar-refractivity contribution is 6.33. The second-order valence-electron chi connectivity index (χ2n) is 5.60. The molecule has 0 unspecified atom stereocenters. The van der Waals surface area contributed by atoms with E-state index in [4.69, 9.17) is 16.7 Å². The van der Waals surface area contributed by atoms with E-state index in [0.29, 0.717) is 11.4 Å². The van der Waals surface area contributed by atoms with Crippen LogP contribution in [0.2, 0.25) is 5.02 Å². The molecule has 1 fully saturated rings. The molecule has 0 atom stereocenters. The zero-order chi connectivity index (χ0) is 19.1. The highest BCUT2D eigenvalue weighted by atomic mass is 35.5. The number of carbonyl (C=O) groups is 2. The van der Waals surface area contributed by atoms with Crippen LogP contribution in [-0.2, 0) is 6.18 Å². The Morgan fingerprint density at radius 2 is 1.54 bits per heavy atom. The fraction of sp³-hybridized carbons (Fsp3) is 0.176. The zero-order valence-electron chi connectivity index (χ0n) is 13.1. The summed E-state index contributed by atoms with van der Waals surface area (Å²) in [5, 5.41) is 9.18. The maximum absolute atomic E-state index is 12.6. The number of hydrogen-bond donors (Lipinski definition) is 1. The van der Waals surface area contributed by atoms with Gasteiger partial charge < -0.3 is 5.11 Å². The number of hydrogen-bond acceptors (Lipinski definition) is 2. The molecule has 0 saturated carbocycles. The van der Waals surface area contributed by atoms with Crippen molar-refractivity contribution in [2.75, 3.05) is 22.9 Å². The molecule has 3 rings (SSSR count). The minimum Gasteiger partial charge on any atom is -0.478 e. The molecule has 0 aliphatic carbocycles. The van der Waals surface area contributed by atoms with Gasteiger partial charge in [-0.05, 0) is 42.5 Å². The molecule has 1 N–H and O–H groups in total. The first kappa shape index (κ1) is 18.1. The molecule has 1 heterocycles. The molecule has 5 nitrogen and oxygen atoms in total. The summed E-state index contributed by atoms with van der Waals surface area (Å²) in [5.74, 6) is -1.22. The van der Waals surface area contributed by atoms with Gasteiger partial charge in [-0.25, -0.2) is 9.59 Å². The molecule has 0 spiro atoms. The van der Waals surface area contributed by atoms with Crippen molar-refractivity contribution in [3.8, 4) is 0 Å². The van der Waals surface area contributed by atoms with Crippen LogP contribution < -0.4 is 9.80 Å². The van der Waals surface area contributed by atoms with Gasteiger partial charge >= 0.3 is 18.2 Å². The van der Waals surface area contributed by atoms with E-state index in [2.05, 4.69) is 0 Å². The molecule has 1 aliphatic rings. The van der Waals surface area contributed by atoms with Crippen LogP contribution in [0, 0.1) is 0 Å². The van der Waals surface area contributed by atoms with Gasteiger partial charge in [0.05, 0.1) is 16.1 Å². The molecule has 2 aromatic rings. The maximum atomic E-state index is 12.6. The van der Waals surface area contributed by atoms with Crippen LogP contribution in [0.1, 0.15) is 15.9 Å². The Hall–Kier alpha value is -2.74. The largest absolute Gasteiger partial charge is 0.478 e. The number of halogens is 4. The van der Waals surface area contributed by atoms with Crippen molar-refractivity contribution in [1.29, 1.82) is 0 Å². The fourth-order valence-electron chi connectivity index (χ4n) is 2.69. The minimum atomic E-state index is -4.45. The number of amides is 2. The minimum absolute atomic E-state index is 0.0486. The van der Waals surface area contributed by atoms with E-state index in [1.165, 1.54) is 40.1 Å². The Morgan fingerprint density at radius 3 is 2.08 bits per heavy atom. The van der Waals surface area contributed by atoms with Gasteiger partial charge in [0.25, 0.3) is 0 Å². The number of rotatable bonds is 3. The first-order valence-corrected chi connectivity index (χ1v) is 7.85. The van der Waals surface area contributed by atoms with Gasteiger partial charge in [0.2, 0.25) is 0 Å². The van der Waals surface area contributed by atoms with Crippen LogP contribution in [0.5, 0.6) is 0 Å². The SMILES string of the molecule is O=C(O)c1cc(N2CCN(c3ccc(C(F)(F)F)cc3)C2=O)ccc1Cl. The zero-order valence-corrected chi connectivity index (χ0v) is 13.9. The Bertz CT molecular complexity index is 869. The van der Waals surface area contributed by atoms with Crippen molar-refractivity contribution in [1.82, 2.24) is 0 Å².